The van der Waals surface area contributed by atoms with Crippen molar-refractivity contribution in [1.82, 2.24) is 24.8 Å². The molecule has 4 heterocycles. The number of benzene rings is 1. The molecule has 12 atom stereocenters. The average molecular weight is 831 g/mol. The highest BCUT2D eigenvalue weighted by molar-refractivity contribution is 6.08. The number of aromatic nitrogens is 3. The fraction of sp³-hybridized carbons (Fsp3) is 0.714. The van der Waals surface area contributed by atoms with Gasteiger partial charge in [0.2, 0.25) is 0 Å². The topological polar surface area (TPSA) is 198 Å². The molecular weight excluding hydrogens is 767 g/mol. The molecule has 16 nitrogen and oxygen atoms in total. The lowest BCUT2D eigenvalue weighted by Crippen LogP contribution is -2.61. The van der Waals surface area contributed by atoms with Crippen LogP contribution in [0, 0.1) is 11.8 Å². The summed E-state index contributed by atoms with van der Waals surface area (Å²) in [6, 6.07) is 6.05. The first-order valence-electron chi connectivity index (χ1n) is 20.6. The number of nitrogens with zero attached hydrogens (tertiary/aromatic N) is 5. The van der Waals surface area contributed by atoms with Crippen molar-refractivity contribution in [3.63, 3.8) is 0 Å². The maximum absolute atomic E-state index is 16.8. The number of nitrogen functional groups attached to an aromatic ring is 1. The van der Waals surface area contributed by atoms with Gasteiger partial charge in [-0.3, -0.25) is 14.3 Å². The summed E-state index contributed by atoms with van der Waals surface area (Å²) in [5.41, 5.74) is 1.84. The number of fused-ring (bicyclic) bond motifs is 1. The fourth-order valence-electron chi connectivity index (χ4n) is 8.92. The van der Waals surface area contributed by atoms with E-state index in [9.17, 15) is 24.3 Å². The lowest BCUT2D eigenvalue weighted by molar-refractivity contribution is -0.295. The van der Waals surface area contributed by atoms with Crippen molar-refractivity contribution in [3.05, 3.63) is 30.5 Å². The zero-order valence-corrected chi connectivity index (χ0v) is 36.1. The molecule has 0 saturated carbocycles. The van der Waals surface area contributed by atoms with Gasteiger partial charge >= 0.3 is 12.1 Å². The van der Waals surface area contributed by atoms with E-state index >= 15 is 4.39 Å². The number of carbonyl (C=O) groups is 4. The van der Waals surface area contributed by atoms with E-state index in [1.165, 1.54) is 18.9 Å². The number of aliphatic hydroxyl groups is 1. The highest BCUT2D eigenvalue weighted by Crippen LogP contribution is 2.42. The minimum absolute atomic E-state index is 0.00153. The van der Waals surface area contributed by atoms with Crippen molar-refractivity contribution in [2.24, 2.45) is 11.8 Å². The second-order valence-electron chi connectivity index (χ2n) is 17.3. The summed E-state index contributed by atoms with van der Waals surface area (Å²) in [5, 5.41) is 19.9. The summed E-state index contributed by atoms with van der Waals surface area (Å²) in [4.78, 5) is 59.4. The molecule has 328 valence electrons. The number of Topliss-reactive ketones (excluding diaryl/α,β-unsaturated/α-hetero) is 2. The first-order chi connectivity index (χ1) is 27.7. The Labute approximate surface area is 346 Å². The highest BCUT2D eigenvalue weighted by Gasteiger charge is 2.60. The van der Waals surface area contributed by atoms with Crippen LogP contribution in [0.5, 0.6) is 0 Å². The molecule has 59 heavy (non-hydrogen) atoms. The number of ether oxygens (including phenoxy) is 5. The molecule has 3 fully saturated rings. The van der Waals surface area contributed by atoms with E-state index in [0.29, 0.717) is 37.2 Å². The molecular formula is C42H63FN6O10. The van der Waals surface area contributed by atoms with E-state index in [1.54, 1.807) is 38.4 Å². The number of anilines is 1. The SMILES string of the molecule is CC[C@H]1OC(=O)[C@@](C)(F)C(=O)[C@H](C)[C@@H](O[C@@H]2O[C@H](C)CC(N(C)C)C2O)[C@](C)(OC)C[C@@H](C)C(=O)C[C@H]2N(CCCCn3cc(-c4cccc(N)c4)nn3)C(=O)O[C@]12C. The highest BCUT2D eigenvalue weighted by atomic mass is 19.1. The van der Waals surface area contributed by atoms with E-state index in [2.05, 4.69) is 10.3 Å². The Morgan fingerprint density at radius 1 is 1.08 bits per heavy atom. The number of esters is 1. The van der Waals surface area contributed by atoms with Crippen LogP contribution in [0.25, 0.3) is 11.3 Å². The Hall–Kier alpha value is -4.03. The number of rotatable bonds is 11. The molecule has 17 heteroatoms. The van der Waals surface area contributed by atoms with Crippen LogP contribution >= 0.6 is 0 Å². The lowest BCUT2D eigenvalue weighted by Gasteiger charge is -2.47. The molecule has 3 N–H and O–H groups in total. The number of ketones is 2. The number of aryl methyl sites for hydroxylation is 1. The van der Waals surface area contributed by atoms with Crippen molar-refractivity contribution in [2.45, 2.75) is 153 Å². The molecule has 0 aliphatic carbocycles. The van der Waals surface area contributed by atoms with Gasteiger partial charge in [0.05, 0.1) is 30.0 Å². The number of aliphatic hydroxyl groups excluding tert-OH is 1. The second-order valence-corrected chi connectivity index (χ2v) is 17.3. The third kappa shape index (κ3) is 9.64. The van der Waals surface area contributed by atoms with Crippen LogP contribution in [0.1, 0.15) is 87.0 Å². The number of nitrogens with two attached hydrogens (primary N) is 1. The number of hydrogen-bond donors (Lipinski definition) is 2. The molecule has 0 radical (unpaired) electrons. The quantitative estimate of drug-likeness (QED) is 0.140. The number of hydrogen-bond acceptors (Lipinski definition) is 14. The lowest BCUT2D eigenvalue weighted by atomic mass is 9.75. The summed E-state index contributed by atoms with van der Waals surface area (Å²) in [7, 11) is 5.03. The van der Waals surface area contributed by atoms with Crippen LogP contribution in [0.3, 0.4) is 0 Å². The summed E-state index contributed by atoms with van der Waals surface area (Å²) in [6.07, 6.45) is -2.68. The Morgan fingerprint density at radius 3 is 2.42 bits per heavy atom. The monoisotopic (exact) mass is 830 g/mol. The normalized spacial score (nSPS) is 36.3. The molecule has 1 aromatic carbocycles. The predicted molar refractivity (Wildman–Crippen MR) is 214 cm³/mol. The van der Waals surface area contributed by atoms with Crippen molar-refractivity contribution in [3.8, 4) is 11.3 Å². The third-order valence-corrected chi connectivity index (χ3v) is 12.6. The van der Waals surface area contributed by atoms with Gasteiger partial charge in [-0.25, -0.2) is 14.0 Å². The van der Waals surface area contributed by atoms with E-state index in [0.717, 1.165) is 12.5 Å². The van der Waals surface area contributed by atoms with Crippen LogP contribution in [-0.2, 0) is 44.6 Å². The molecule has 1 amide bonds. The van der Waals surface area contributed by atoms with Crippen molar-refractivity contribution in [2.75, 3.05) is 33.5 Å². The number of cyclic esters (lactones) is 1. The van der Waals surface area contributed by atoms with Crippen LogP contribution < -0.4 is 5.73 Å². The zero-order chi connectivity index (χ0) is 43.6. The Balaban J connectivity index is 1.42. The molecule has 0 spiro atoms. The van der Waals surface area contributed by atoms with Gasteiger partial charge in [0.25, 0.3) is 5.67 Å². The minimum atomic E-state index is -3.18. The van der Waals surface area contributed by atoms with Gasteiger partial charge in [0, 0.05) is 55.7 Å². The fourth-order valence-corrected chi connectivity index (χ4v) is 8.92. The summed E-state index contributed by atoms with van der Waals surface area (Å²) in [6.45, 7) is 11.4. The molecule has 3 aliphatic rings. The Morgan fingerprint density at radius 2 is 1.78 bits per heavy atom. The number of alkyl halides is 1. The van der Waals surface area contributed by atoms with E-state index in [4.69, 9.17) is 29.4 Å². The van der Waals surface area contributed by atoms with Gasteiger partial charge in [0.15, 0.2) is 17.7 Å². The number of likely N-dealkylation sites (N-methyl/N-ethyl adjacent to an activating group) is 1. The van der Waals surface area contributed by atoms with Gasteiger partial charge < -0.3 is 44.3 Å². The second kappa shape index (κ2) is 18.3. The van der Waals surface area contributed by atoms with Crippen LogP contribution in [0.4, 0.5) is 14.9 Å². The standard InChI is InChI=1S/C42H63FN6O10/c1-11-33-42(7)32(49(39(54)59-42)18-13-12-17-48-23-29(45-46-48)27-15-14-16-28(44)20-27)21-31(50)24(2)22-40(5,55-10)36(26(4)35(52)41(6,43)38(53)57-33)58-37-34(51)30(47(8)9)19-25(3)56-37/h14-16,20,23-26,30,32-34,36-37,51H,11-13,17-19,21-22,44H2,1-10H3/t24-,25-,26+,30?,32-,33-,34?,36-,37+,40-,41+,42+/m1/s1. The largest absolute Gasteiger partial charge is 0.455 e. The smallest absolute Gasteiger partial charge is 0.410 e. The Bertz CT molecular complexity index is 1830. The summed E-state index contributed by atoms with van der Waals surface area (Å²) >= 11 is 0. The summed E-state index contributed by atoms with van der Waals surface area (Å²) < 4.78 is 48.9. The minimum Gasteiger partial charge on any atom is -0.455 e. The number of methoxy groups -OCH3 is 1. The maximum atomic E-state index is 16.8. The molecule has 2 unspecified atom stereocenters. The van der Waals surface area contributed by atoms with Crippen molar-refractivity contribution >= 4 is 29.3 Å². The first kappa shape index (κ1) is 46.0. The first-order valence-corrected chi connectivity index (χ1v) is 20.6. The molecule has 3 saturated heterocycles. The third-order valence-electron chi connectivity index (χ3n) is 12.6. The Kier molecular flexibility index (Phi) is 14.3. The van der Waals surface area contributed by atoms with Gasteiger partial charge in [-0.2, -0.15) is 0 Å². The average Bonchev–Trinajstić information content (AvgIpc) is 3.75. The van der Waals surface area contributed by atoms with E-state index in [-0.39, 0.29) is 43.7 Å². The molecule has 2 aromatic rings. The molecule has 3 aliphatic heterocycles. The van der Waals surface area contributed by atoms with Crippen molar-refractivity contribution in [1.29, 1.82) is 0 Å². The van der Waals surface area contributed by atoms with E-state index in [1.807, 2.05) is 50.3 Å². The van der Waals surface area contributed by atoms with Gasteiger partial charge in [-0.05, 0) is 86.0 Å². The molecule has 0 bridgehead atoms. The summed E-state index contributed by atoms with van der Waals surface area (Å²) in [5.74, 6) is -4.95. The molecule has 5 rings (SSSR count). The van der Waals surface area contributed by atoms with Crippen LogP contribution in [-0.4, -0.2) is 141 Å². The van der Waals surface area contributed by atoms with Crippen LogP contribution in [0.15, 0.2) is 30.5 Å². The van der Waals surface area contributed by atoms with Crippen LogP contribution in [0.2, 0.25) is 0 Å². The van der Waals surface area contributed by atoms with Crippen molar-refractivity contribution < 1.29 is 52.4 Å². The number of amides is 1. The van der Waals surface area contributed by atoms with Gasteiger partial charge in [-0.1, -0.05) is 38.1 Å². The number of unbranched alkanes of at least 4 members (excludes halogenated alkanes) is 1. The maximum Gasteiger partial charge on any atom is 0.410 e. The van der Waals surface area contributed by atoms with Gasteiger partial charge in [-0.15, -0.1) is 5.10 Å². The number of carbonyl (C=O) groups excluding carboxylic acids is 4. The number of halogens is 1. The van der Waals surface area contributed by atoms with Gasteiger partial charge in [0.1, 0.15) is 23.7 Å². The molecule has 1 aromatic heterocycles. The predicted octanol–water partition coefficient (Wildman–Crippen LogP) is 4.36. The van der Waals surface area contributed by atoms with E-state index < -0.39 is 77.2 Å². The zero-order valence-electron chi connectivity index (χ0n) is 36.1.